The second kappa shape index (κ2) is 7.16. The largest absolute Gasteiger partial charge is 0.366 e. The van der Waals surface area contributed by atoms with E-state index in [1.807, 2.05) is 35.2 Å². The molecule has 1 aromatic heterocycles. The van der Waals surface area contributed by atoms with Crippen molar-refractivity contribution in [3.8, 4) is 0 Å². The minimum Gasteiger partial charge on any atom is -0.366 e. The van der Waals surface area contributed by atoms with Crippen LogP contribution in [0.25, 0.3) is 10.8 Å². The fraction of sp³-hybridized carbons (Fsp3) is 0.238. The van der Waals surface area contributed by atoms with Crippen molar-refractivity contribution >= 4 is 39.7 Å². The molecule has 3 aromatic rings. The smallest absolute Gasteiger partial charge is 0.159 e. The number of rotatable bonds is 3. The normalized spacial score (nSPS) is 14.6. The van der Waals surface area contributed by atoms with Crippen LogP contribution in [-0.4, -0.2) is 36.9 Å². The maximum absolute atomic E-state index is 14.4. The van der Waals surface area contributed by atoms with Crippen molar-refractivity contribution in [2.24, 2.45) is 0 Å². The molecule has 0 N–H and O–H groups in total. The van der Waals surface area contributed by atoms with Crippen LogP contribution in [-0.2, 0) is 0 Å². The SMILES string of the molecule is CC(=O)c1ccc(N2CCN(c3cc4ccccc4c(Cl)n3)CC2)c(F)c1. The molecule has 1 saturated heterocycles. The van der Waals surface area contributed by atoms with Crippen molar-refractivity contribution in [1.82, 2.24) is 4.98 Å². The molecule has 1 aliphatic rings. The van der Waals surface area contributed by atoms with Gasteiger partial charge in [-0.25, -0.2) is 9.37 Å². The maximum Gasteiger partial charge on any atom is 0.159 e. The molecule has 4 rings (SSSR count). The molecule has 4 nitrogen and oxygen atoms in total. The predicted octanol–water partition coefficient (Wildman–Crippen LogP) is 4.56. The molecule has 27 heavy (non-hydrogen) atoms. The Hall–Kier alpha value is -2.66. The van der Waals surface area contributed by atoms with E-state index in [9.17, 15) is 9.18 Å². The third kappa shape index (κ3) is 3.47. The third-order valence-corrected chi connectivity index (χ3v) is 5.27. The number of ketones is 1. The van der Waals surface area contributed by atoms with Gasteiger partial charge in [-0.1, -0.05) is 35.9 Å². The number of anilines is 2. The van der Waals surface area contributed by atoms with E-state index in [-0.39, 0.29) is 11.6 Å². The quantitative estimate of drug-likeness (QED) is 0.491. The lowest BCUT2D eigenvalue weighted by Crippen LogP contribution is -2.47. The van der Waals surface area contributed by atoms with Gasteiger partial charge >= 0.3 is 0 Å². The van der Waals surface area contributed by atoms with E-state index >= 15 is 0 Å². The van der Waals surface area contributed by atoms with Crippen LogP contribution >= 0.6 is 11.6 Å². The van der Waals surface area contributed by atoms with E-state index in [0.29, 0.717) is 29.5 Å². The molecule has 2 aromatic carbocycles. The Kier molecular flexibility index (Phi) is 4.70. The molecule has 0 atom stereocenters. The van der Waals surface area contributed by atoms with Gasteiger partial charge in [0, 0.05) is 37.1 Å². The standard InChI is InChI=1S/C21H19ClFN3O/c1-14(27)15-6-7-19(18(23)12-15)25-8-10-26(11-9-25)20-13-16-4-2-3-5-17(16)21(22)24-20/h2-7,12-13H,8-11H2,1H3. The summed E-state index contributed by atoms with van der Waals surface area (Å²) in [5, 5.41) is 2.49. The van der Waals surface area contributed by atoms with Crippen molar-refractivity contribution in [2.75, 3.05) is 36.0 Å². The lowest BCUT2D eigenvalue weighted by Gasteiger charge is -2.37. The number of benzene rings is 2. The topological polar surface area (TPSA) is 36.4 Å². The highest BCUT2D eigenvalue weighted by molar-refractivity contribution is 6.34. The minimum absolute atomic E-state index is 0.135. The minimum atomic E-state index is -0.358. The van der Waals surface area contributed by atoms with Gasteiger partial charge in [0.25, 0.3) is 0 Å². The fourth-order valence-electron chi connectivity index (χ4n) is 3.46. The van der Waals surface area contributed by atoms with Crippen LogP contribution < -0.4 is 9.80 Å². The molecule has 6 heteroatoms. The first-order valence-electron chi connectivity index (χ1n) is 8.88. The van der Waals surface area contributed by atoms with Gasteiger partial charge in [0.1, 0.15) is 16.8 Å². The number of fused-ring (bicyclic) bond motifs is 1. The third-order valence-electron chi connectivity index (χ3n) is 4.98. The van der Waals surface area contributed by atoms with Crippen LogP contribution in [0, 0.1) is 5.82 Å². The molecular weight excluding hydrogens is 365 g/mol. The van der Waals surface area contributed by atoms with E-state index in [1.165, 1.54) is 13.0 Å². The van der Waals surface area contributed by atoms with Gasteiger partial charge in [-0.15, -0.1) is 0 Å². The lowest BCUT2D eigenvalue weighted by molar-refractivity contribution is 0.101. The summed E-state index contributed by atoms with van der Waals surface area (Å²) in [7, 11) is 0. The number of nitrogens with zero attached hydrogens (tertiary/aromatic N) is 3. The summed E-state index contributed by atoms with van der Waals surface area (Å²) >= 11 is 6.34. The van der Waals surface area contributed by atoms with E-state index in [0.717, 1.165) is 29.7 Å². The Bertz CT molecular complexity index is 1020. The molecular formula is C21H19ClFN3O. The second-order valence-corrected chi connectivity index (χ2v) is 7.05. The molecule has 0 radical (unpaired) electrons. The zero-order valence-electron chi connectivity index (χ0n) is 15.0. The molecule has 1 fully saturated rings. The van der Waals surface area contributed by atoms with E-state index in [4.69, 9.17) is 11.6 Å². The summed E-state index contributed by atoms with van der Waals surface area (Å²) in [4.78, 5) is 20.1. The number of Topliss-reactive ketones (excluding diaryl/α,β-unsaturated/α-hetero) is 1. The first-order valence-corrected chi connectivity index (χ1v) is 9.26. The van der Waals surface area contributed by atoms with Crippen LogP contribution in [0.1, 0.15) is 17.3 Å². The van der Waals surface area contributed by atoms with Gasteiger partial charge in [0.05, 0.1) is 5.69 Å². The average molecular weight is 384 g/mol. The summed E-state index contributed by atoms with van der Waals surface area (Å²) < 4.78 is 14.4. The second-order valence-electron chi connectivity index (χ2n) is 6.69. The summed E-state index contributed by atoms with van der Waals surface area (Å²) in [6.07, 6.45) is 0. The first kappa shape index (κ1) is 17.7. The highest BCUT2D eigenvalue weighted by Gasteiger charge is 2.21. The number of halogens is 2. The highest BCUT2D eigenvalue weighted by Crippen LogP contribution is 2.28. The maximum atomic E-state index is 14.4. The number of pyridine rings is 1. The van der Waals surface area contributed by atoms with Crippen LogP contribution in [0.15, 0.2) is 48.5 Å². The molecule has 0 aliphatic carbocycles. The molecule has 0 spiro atoms. The molecule has 0 unspecified atom stereocenters. The van der Waals surface area contributed by atoms with Gasteiger partial charge < -0.3 is 9.80 Å². The fourth-order valence-corrected chi connectivity index (χ4v) is 3.72. The Morgan fingerprint density at radius 3 is 2.44 bits per heavy atom. The van der Waals surface area contributed by atoms with Gasteiger partial charge in [0.15, 0.2) is 5.78 Å². The summed E-state index contributed by atoms with van der Waals surface area (Å²) in [6, 6.07) is 14.6. The van der Waals surface area contributed by atoms with Crippen LogP contribution in [0.2, 0.25) is 5.15 Å². The van der Waals surface area contributed by atoms with E-state index in [2.05, 4.69) is 9.88 Å². The Labute approximate surface area is 162 Å². The van der Waals surface area contributed by atoms with Gasteiger partial charge in [-0.3, -0.25) is 4.79 Å². The van der Waals surface area contributed by atoms with Crippen LogP contribution in [0.3, 0.4) is 0 Å². The van der Waals surface area contributed by atoms with Crippen molar-refractivity contribution in [3.63, 3.8) is 0 Å². The van der Waals surface area contributed by atoms with Gasteiger partial charge in [-0.2, -0.15) is 0 Å². The predicted molar refractivity (Wildman–Crippen MR) is 108 cm³/mol. The molecule has 0 bridgehead atoms. The summed E-state index contributed by atoms with van der Waals surface area (Å²) in [5.74, 6) is 0.346. The molecule has 0 amide bonds. The van der Waals surface area contributed by atoms with Crippen molar-refractivity contribution in [3.05, 3.63) is 65.1 Å². The lowest BCUT2D eigenvalue weighted by atomic mass is 10.1. The molecule has 138 valence electrons. The highest BCUT2D eigenvalue weighted by atomic mass is 35.5. The Morgan fingerprint density at radius 1 is 1.04 bits per heavy atom. The molecule has 2 heterocycles. The molecule has 0 saturated carbocycles. The van der Waals surface area contributed by atoms with Crippen molar-refractivity contribution < 1.29 is 9.18 Å². The zero-order valence-corrected chi connectivity index (χ0v) is 15.7. The van der Waals surface area contributed by atoms with E-state index in [1.54, 1.807) is 12.1 Å². The number of hydrogen-bond acceptors (Lipinski definition) is 4. The summed E-state index contributed by atoms with van der Waals surface area (Å²) in [5.41, 5.74) is 0.925. The average Bonchev–Trinajstić information content (AvgIpc) is 2.68. The molecule has 1 aliphatic heterocycles. The number of aromatic nitrogens is 1. The zero-order chi connectivity index (χ0) is 19.0. The number of hydrogen-bond donors (Lipinski definition) is 0. The van der Waals surface area contributed by atoms with Crippen molar-refractivity contribution in [2.45, 2.75) is 6.92 Å². The summed E-state index contributed by atoms with van der Waals surface area (Å²) in [6.45, 7) is 4.21. The van der Waals surface area contributed by atoms with Crippen LogP contribution in [0.5, 0.6) is 0 Å². The monoisotopic (exact) mass is 383 g/mol. The van der Waals surface area contributed by atoms with Gasteiger partial charge in [-0.05, 0) is 36.6 Å². The number of carbonyl (C=O) groups excluding carboxylic acids is 1. The van der Waals surface area contributed by atoms with E-state index < -0.39 is 0 Å². The first-order chi connectivity index (χ1) is 13.0. The van der Waals surface area contributed by atoms with Gasteiger partial charge in [0.2, 0.25) is 0 Å². The number of carbonyl (C=O) groups is 1. The van der Waals surface area contributed by atoms with Crippen molar-refractivity contribution in [1.29, 1.82) is 0 Å². The number of piperazine rings is 1. The van der Waals surface area contributed by atoms with Crippen LogP contribution in [0.4, 0.5) is 15.9 Å². The Balaban J connectivity index is 1.52. The Morgan fingerprint density at radius 2 is 1.74 bits per heavy atom.